The number of carbonyl (C=O) groups is 3. The van der Waals surface area contributed by atoms with Crippen LogP contribution in [0.5, 0.6) is 0 Å². The standard InChI is InChI=1S/C10H15N3O2.C9H8O4/c14-8-10-7-13(9-11-10)2-1-12-3-5-15-6-4-12;1-5-2-6(8(10)11)4-7(3-5)9(12)13/h7-9H,1-6H2;2-4H,1H3,(H,10,11)(H,12,13). The van der Waals surface area contributed by atoms with Crippen LogP contribution in [0.4, 0.5) is 0 Å². The predicted molar refractivity (Wildman–Crippen MR) is 100.0 cm³/mol. The molecule has 0 atom stereocenters. The highest BCUT2D eigenvalue weighted by atomic mass is 16.5. The van der Waals surface area contributed by atoms with Gasteiger partial charge in [0.1, 0.15) is 5.69 Å². The van der Waals surface area contributed by atoms with Crippen molar-refractivity contribution in [2.75, 3.05) is 32.8 Å². The van der Waals surface area contributed by atoms with Gasteiger partial charge in [-0.2, -0.15) is 0 Å². The van der Waals surface area contributed by atoms with Crippen molar-refractivity contribution in [3.05, 3.63) is 53.1 Å². The molecule has 3 rings (SSSR count). The summed E-state index contributed by atoms with van der Waals surface area (Å²) in [5.41, 5.74) is 1.11. The van der Waals surface area contributed by atoms with Crippen molar-refractivity contribution < 1.29 is 29.3 Å². The highest BCUT2D eigenvalue weighted by Gasteiger charge is 2.10. The molecule has 1 fully saturated rings. The molecule has 0 saturated carbocycles. The summed E-state index contributed by atoms with van der Waals surface area (Å²) in [6.07, 6.45) is 4.24. The Morgan fingerprint density at radius 1 is 1.11 bits per heavy atom. The molecule has 28 heavy (non-hydrogen) atoms. The molecule has 1 aromatic carbocycles. The van der Waals surface area contributed by atoms with Crippen LogP contribution in [-0.2, 0) is 11.3 Å². The molecular weight excluding hydrogens is 366 g/mol. The molecule has 2 aromatic rings. The van der Waals surface area contributed by atoms with Crippen LogP contribution in [0.15, 0.2) is 30.7 Å². The lowest BCUT2D eigenvalue weighted by Crippen LogP contribution is -2.38. The minimum Gasteiger partial charge on any atom is -0.478 e. The molecule has 2 heterocycles. The van der Waals surface area contributed by atoms with Gasteiger partial charge in [-0.15, -0.1) is 0 Å². The molecule has 1 saturated heterocycles. The first-order valence-electron chi connectivity index (χ1n) is 8.74. The van der Waals surface area contributed by atoms with E-state index >= 15 is 0 Å². The second-order valence-electron chi connectivity index (χ2n) is 6.31. The number of nitrogens with zero attached hydrogens (tertiary/aromatic N) is 3. The van der Waals surface area contributed by atoms with E-state index in [1.807, 2.05) is 4.57 Å². The fraction of sp³-hybridized carbons (Fsp3) is 0.368. The van der Waals surface area contributed by atoms with Gasteiger partial charge in [0.05, 0.1) is 30.7 Å². The van der Waals surface area contributed by atoms with Gasteiger partial charge < -0.3 is 19.5 Å². The first-order valence-corrected chi connectivity index (χ1v) is 8.74. The minimum absolute atomic E-state index is 0.00241. The Morgan fingerprint density at radius 3 is 2.21 bits per heavy atom. The third-order valence-corrected chi connectivity index (χ3v) is 4.12. The van der Waals surface area contributed by atoms with Crippen LogP contribution < -0.4 is 0 Å². The van der Waals surface area contributed by atoms with E-state index in [4.69, 9.17) is 14.9 Å². The molecular formula is C19H23N3O6. The van der Waals surface area contributed by atoms with Crippen molar-refractivity contribution in [1.82, 2.24) is 14.5 Å². The van der Waals surface area contributed by atoms with E-state index in [9.17, 15) is 14.4 Å². The van der Waals surface area contributed by atoms with E-state index in [1.54, 1.807) is 19.4 Å². The number of rotatable bonds is 6. The monoisotopic (exact) mass is 389 g/mol. The summed E-state index contributed by atoms with van der Waals surface area (Å²) in [5.74, 6) is -2.24. The van der Waals surface area contributed by atoms with Gasteiger partial charge in [0.2, 0.25) is 0 Å². The topological polar surface area (TPSA) is 122 Å². The Morgan fingerprint density at radius 2 is 1.71 bits per heavy atom. The molecule has 1 aliphatic rings. The molecule has 0 aliphatic carbocycles. The first-order chi connectivity index (χ1) is 13.4. The molecule has 0 spiro atoms. The van der Waals surface area contributed by atoms with Crippen LogP contribution >= 0.6 is 0 Å². The molecule has 0 amide bonds. The van der Waals surface area contributed by atoms with Gasteiger partial charge in [0, 0.05) is 32.4 Å². The number of carbonyl (C=O) groups excluding carboxylic acids is 1. The van der Waals surface area contributed by atoms with Gasteiger partial charge in [-0.05, 0) is 30.7 Å². The van der Waals surface area contributed by atoms with Crippen LogP contribution in [0.25, 0.3) is 0 Å². The van der Waals surface area contributed by atoms with Crippen LogP contribution in [0.1, 0.15) is 36.8 Å². The maximum Gasteiger partial charge on any atom is 0.335 e. The number of ether oxygens (including phenoxy) is 1. The molecule has 1 aromatic heterocycles. The summed E-state index contributed by atoms with van der Waals surface area (Å²) < 4.78 is 7.21. The van der Waals surface area contributed by atoms with E-state index < -0.39 is 11.9 Å². The zero-order valence-corrected chi connectivity index (χ0v) is 15.6. The van der Waals surface area contributed by atoms with Crippen molar-refractivity contribution in [3.63, 3.8) is 0 Å². The number of hydrogen-bond donors (Lipinski definition) is 2. The summed E-state index contributed by atoms with van der Waals surface area (Å²) in [7, 11) is 0. The van der Waals surface area contributed by atoms with E-state index in [2.05, 4.69) is 9.88 Å². The lowest BCUT2D eigenvalue weighted by atomic mass is 10.1. The number of imidazole rings is 1. The number of aromatic nitrogens is 2. The van der Waals surface area contributed by atoms with Crippen LogP contribution in [0, 0.1) is 6.92 Å². The molecule has 9 heteroatoms. The number of aryl methyl sites for hydroxylation is 1. The first kappa shape index (κ1) is 21.3. The maximum absolute atomic E-state index is 10.5. The molecule has 0 unspecified atom stereocenters. The smallest absolute Gasteiger partial charge is 0.335 e. The summed E-state index contributed by atoms with van der Waals surface area (Å²) in [6, 6.07) is 3.99. The molecule has 2 N–H and O–H groups in total. The zero-order chi connectivity index (χ0) is 20.5. The Labute approximate surface area is 162 Å². The second kappa shape index (κ2) is 10.3. The summed E-state index contributed by atoms with van der Waals surface area (Å²) in [4.78, 5) is 37.8. The number of morpholine rings is 1. The van der Waals surface area contributed by atoms with Crippen molar-refractivity contribution in [2.24, 2.45) is 0 Å². The SMILES string of the molecule is Cc1cc(C(=O)O)cc(C(=O)O)c1.O=Cc1cn(CCN2CCOCC2)cn1. The Bertz CT molecular complexity index is 795. The molecule has 150 valence electrons. The van der Waals surface area contributed by atoms with Crippen LogP contribution in [-0.4, -0.2) is 75.7 Å². The number of hydrogen-bond acceptors (Lipinski definition) is 6. The quantitative estimate of drug-likeness (QED) is 0.712. The van der Waals surface area contributed by atoms with Crippen molar-refractivity contribution in [3.8, 4) is 0 Å². The van der Waals surface area contributed by atoms with Crippen molar-refractivity contribution in [2.45, 2.75) is 13.5 Å². The normalized spacial score (nSPS) is 14.0. The minimum atomic E-state index is -1.12. The fourth-order valence-electron chi connectivity index (χ4n) is 2.67. The summed E-state index contributed by atoms with van der Waals surface area (Å²) in [5, 5.41) is 17.2. The number of carboxylic acid groups (broad SMARTS) is 2. The van der Waals surface area contributed by atoms with E-state index in [1.165, 1.54) is 12.1 Å². The maximum atomic E-state index is 10.5. The van der Waals surface area contributed by atoms with E-state index in [0.717, 1.165) is 51.7 Å². The largest absolute Gasteiger partial charge is 0.478 e. The van der Waals surface area contributed by atoms with Gasteiger partial charge in [0.25, 0.3) is 0 Å². The zero-order valence-electron chi connectivity index (χ0n) is 15.6. The number of aldehydes is 1. The Balaban J connectivity index is 0.000000203. The Kier molecular flexibility index (Phi) is 7.85. The molecule has 9 nitrogen and oxygen atoms in total. The predicted octanol–water partition coefficient (Wildman–Crippen LogP) is 1.42. The van der Waals surface area contributed by atoms with Crippen molar-refractivity contribution in [1.29, 1.82) is 0 Å². The number of carboxylic acids is 2. The summed E-state index contributed by atoms with van der Waals surface area (Å²) >= 11 is 0. The van der Waals surface area contributed by atoms with Gasteiger partial charge in [-0.25, -0.2) is 14.6 Å². The molecule has 1 aliphatic heterocycles. The van der Waals surface area contributed by atoms with E-state index in [0.29, 0.717) is 11.3 Å². The lowest BCUT2D eigenvalue weighted by Gasteiger charge is -2.26. The molecule has 0 radical (unpaired) electrons. The average molecular weight is 389 g/mol. The number of aromatic carboxylic acids is 2. The highest BCUT2D eigenvalue weighted by Crippen LogP contribution is 2.09. The molecule has 0 bridgehead atoms. The fourth-order valence-corrected chi connectivity index (χ4v) is 2.67. The van der Waals surface area contributed by atoms with Crippen molar-refractivity contribution >= 4 is 18.2 Å². The van der Waals surface area contributed by atoms with Gasteiger partial charge in [-0.1, -0.05) is 0 Å². The third-order valence-electron chi connectivity index (χ3n) is 4.12. The van der Waals surface area contributed by atoms with Crippen LogP contribution in [0.3, 0.4) is 0 Å². The second-order valence-corrected chi connectivity index (χ2v) is 6.31. The number of benzene rings is 1. The van der Waals surface area contributed by atoms with E-state index in [-0.39, 0.29) is 11.1 Å². The average Bonchev–Trinajstić information content (AvgIpc) is 3.15. The lowest BCUT2D eigenvalue weighted by molar-refractivity contribution is 0.0364. The van der Waals surface area contributed by atoms with Gasteiger partial charge >= 0.3 is 11.9 Å². The highest BCUT2D eigenvalue weighted by molar-refractivity contribution is 5.94. The van der Waals surface area contributed by atoms with Gasteiger partial charge in [0.15, 0.2) is 6.29 Å². The third kappa shape index (κ3) is 6.60. The van der Waals surface area contributed by atoms with Gasteiger partial charge in [-0.3, -0.25) is 9.69 Å². The Hall–Kier alpha value is -3.04. The van der Waals surface area contributed by atoms with Crippen LogP contribution in [0.2, 0.25) is 0 Å². The summed E-state index contributed by atoms with van der Waals surface area (Å²) in [6.45, 7) is 7.15.